The van der Waals surface area contributed by atoms with Crippen molar-refractivity contribution in [3.63, 3.8) is 0 Å². The van der Waals surface area contributed by atoms with Gasteiger partial charge >= 0.3 is 0 Å². The van der Waals surface area contributed by atoms with E-state index in [1.54, 1.807) is 12.1 Å². The predicted octanol–water partition coefficient (Wildman–Crippen LogP) is 5.55. The highest BCUT2D eigenvalue weighted by atomic mass is 79.9. The quantitative estimate of drug-likeness (QED) is 0.653. The molecule has 0 fully saturated rings. The van der Waals surface area contributed by atoms with Gasteiger partial charge in [0, 0.05) is 6.42 Å². The number of thiophene rings is 1. The summed E-state index contributed by atoms with van der Waals surface area (Å²) in [6.45, 7) is 1.96. The Morgan fingerprint density at radius 3 is 2.72 bits per heavy atom. The lowest BCUT2D eigenvalue weighted by Crippen LogP contribution is -2.01. The second-order valence-corrected chi connectivity index (χ2v) is 7.04. The number of carbonyl (C=O) groups excluding carboxylic acids is 1. The molecule has 1 nitrogen and oxygen atoms in total. The molecule has 0 bridgehead atoms. The van der Waals surface area contributed by atoms with Crippen molar-refractivity contribution in [3.05, 3.63) is 54.1 Å². The van der Waals surface area contributed by atoms with Gasteiger partial charge in [0.25, 0.3) is 0 Å². The summed E-state index contributed by atoms with van der Waals surface area (Å²) in [6, 6.07) is 7.22. The number of halogens is 3. The molecular formula is C13H9BrCl2OS. The van der Waals surface area contributed by atoms with Gasteiger partial charge in [0.2, 0.25) is 0 Å². The summed E-state index contributed by atoms with van der Waals surface area (Å²) in [5, 5.41) is 0.936. The van der Waals surface area contributed by atoms with Crippen LogP contribution in [0.15, 0.2) is 28.1 Å². The van der Waals surface area contributed by atoms with E-state index in [1.807, 2.05) is 19.1 Å². The van der Waals surface area contributed by atoms with Crippen LogP contribution in [0.1, 0.15) is 20.8 Å². The lowest BCUT2D eigenvalue weighted by molar-refractivity contribution is 0.0997. The fraction of sp³-hybridized carbons (Fsp3) is 0.154. The molecule has 0 aliphatic rings. The average Bonchev–Trinajstić information content (AvgIpc) is 2.66. The zero-order chi connectivity index (χ0) is 13.3. The molecule has 2 aromatic rings. The molecule has 0 spiro atoms. The first-order valence-corrected chi connectivity index (χ1v) is 7.57. The van der Waals surface area contributed by atoms with Gasteiger partial charge in [-0.3, -0.25) is 4.79 Å². The Hall–Kier alpha value is -0.350. The molecular weight excluding hydrogens is 355 g/mol. The van der Waals surface area contributed by atoms with Gasteiger partial charge in [-0.25, -0.2) is 0 Å². The maximum Gasteiger partial charge on any atom is 0.177 e. The smallest absolute Gasteiger partial charge is 0.177 e. The topological polar surface area (TPSA) is 17.1 Å². The number of Topliss-reactive ketones (excluding diaryl/α,β-unsaturated/α-hetero) is 1. The molecule has 5 heteroatoms. The molecule has 18 heavy (non-hydrogen) atoms. The van der Waals surface area contributed by atoms with Gasteiger partial charge in [0.15, 0.2) is 5.78 Å². The van der Waals surface area contributed by atoms with Crippen LogP contribution in [0.25, 0.3) is 0 Å². The third-order valence-electron chi connectivity index (χ3n) is 2.51. The van der Waals surface area contributed by atoms with Gasteiger partial charge < -0.3 is 0 Å². The van der Waals surface area contributed by atoms with Crippen LogP contribution < -0.4 is 0 Å². The van der Waals surface area contributed by atoms with Gasteiger partial charge in [-0.1, -0.05) is 35.3 Å². The molecule has 1 aromatic carbocycles. The van der Waals surface area contributed by atoms with E-state index in [9.17, 15) is 4.79 Å². The highest BCUT2D eigenvalue weighted by molar-refractivity contribution is 9.11. The molecule has 0 radical (unpaired) electrons. The van der Waals surface area contributed by atoms with Gasteiger partial charge in [-0.15, -0.1) is 11.3 Å². The van der Waals surface area contributed by atoms with Crippen molar-refractivity contribution in [1.29, 1.82) is 0 Å². The Balaban J connectivity index is 2.24. The summed E-state index contributed by atoms with van der Waals surface area (Å²) in [5.74, 6) is 0.0537. The van der Waals surface area contributed by atoms with E-state index in [2.05, 4.69) is 15.9 Å². The highest BCUT2D eigenvalue weighted by Crippen LogP contribution is 2.30. The van der Waals surface area contributed by atoms with E-state index >= 15 is 0 Å². The largest absolute Gasteiger partial charge is 0.293 e. The number of ketones is 1. The van der Waals surface area contributed by atoms with Crippen LogP contribution in [0.4, 0.5) is 0 Å². The predicted molar refractivity (Wildman–Crippen MR) is 81.3 cm³/mol. The number of carbonyl (C=O) groups is 1. The number of hydrogen-bond donors (Lipinski definition) is 0. The van der Waals surface area contributed by atoms with Crippen LogP contribution in [0, 0.1) is 6.92 Å². The molecule has 94 valence electrons. The van der Waals surface area contributed by atoms with Crippen molar-refractivity contribution < 1.29 is 4.79 Å². The first kappa shape index (κ1) is 14.1. The molecule has 0 saturated heterocycles. The number of hydrogen-bond acceptors (Lipinski definition) is 2. The zero-order valence-electron chi connectivity index (χ0n) is 9.47. The Labute approximate surface area is 128 Å². The first-order chi connectivity index (χ1) is 8.49. The molecule has 0 N–H and O–H groups in total. The van der Waals surface area contributed by atoms with Crippen molar-refractivity contribution >= 4 is 56.3 Å². The second kappa shape index (κ2) is 5.74. The van der Waals surface area contributed by atoms with E-state index in [4.69, 9.17) is 23.2 Å². The Kier molecular flexibility index (Phi) is 4.49. The summed E-state index contributed by atoms with van der Waals surface area (Å²) >= 11 is 16.9. The van der Waals surface area contributed by atoms with E-state index in [0.29, 0.717) is 10.0 Å². The van der Waals surface area contributed by atoms with Crippen molar-refractivity contribution in [2.75, 3.05) is 0 Å². The molecule has 0 atom stereocenters. The zero-order valence-corrected chi connectivity index (χ0v) is 13.4. The van der Waals surface area contributed by atoms with Crippen LogP contribution in [0.5, 0.6) is 0 Å². The molecule has 0 aliphatic heterocycles. The van der Waals surface area contributed by atoms with Crippen LogP contribution >= 0.6 is 50.5 Å². The first-order valence-electron chi connectivity index (χ1n) is 5.21. The van der Waals surface area contributed by atoms with Crippen LogP contribution in [-0.4, -0.2) is 5.78 Å². The van der Waals surface area contributed by atoms with Gasteiger partial charge in [-0.2, -0.15) is 0 Å². The Morgan fingerprint density at radius 2 is 2.11 bits per heavy atom. The van der Waals surface area contributed by atoms with Crippen molar-refractivity contribution in [1.82, 2.24) is 0 Å². The number of rotatable bonds is 3. The van der Waals surface area contributed by atoms with Crippen LogP contribution in [-0.2, 0) is 6.42 Å². The van der Waals surface area contributed by atoms with Crippen LogP contribution in [0.3, 0.4) is 0 Å². The third-order valence-corrected chi connectivity index (χ3v) is 5.55. The van der Waals surface area contributed by atoms with E-state index in [1.165, 1.54) is 11.3 Å². The SMILES string of the molecule is Cc1cc(C(=O)Cc2cccc(Cl)c2Cl)sc1Br. The maximum atomic E-state index is 12.1. The molecule has 0 unspecified atom stereocenters. The Bertz CT molecular complexity index is 588. The van der Waals surface area contributed by atoms with Crippen LogP contribution in [0.2, 0.25) is 10.0 Å². The molecule has 0 saturated carbocycles. The highest BCUT2D eigenvalue weighted by Gasteiger charge is 2.14. The monoisotopic (exact) mass is 362 g/mol. The van der Waals surface area contributed by atoms with Crippen molar-refractivity contribution in [2.24, 2.45) is 0 Å². The minimum absolute atomic E-state index is 0.0537. The minimum Gasteiger partial charge on any atom is -0.293 e. The standard InChI is InChI=1S/C13H9BrCl2OS/c1-7-5-11(18-13(7)14)10(17)6-8-3-2-4-9(15)12(8)16/h2-5H,6H2,1H3. The summed E-state index contributed by atoms with van der Waals surface area (Å²) in [6.07, 6.45) is 0.270. The van der Waals surface area contributed by atoms with Crippen molar-refractivity contribution in [2.45, 2.75) is 13.3 Å². The molecule has 2 rings (SSSR count). The second-order valence-electron chi connectivity index (χ2n) is 3.88. The minimum atomic E-state index is 0.0537. The Morgan fingerprint density at radius 1 is 1.39 bits per heavy atom. The summed E-state index contributed by atoms with van der Waals surface area (Å²) < 4.78 is 0.989. The summed E-state index contributed by atoms with van der Waals surface area (Å²) in [4.78, 5) is 12.9. The lowest BCUT2D eigenvalue weighted by Gasteiger charge is -2.03. The molecule has 0 amide bonds. The number of aryl methyl sites for hydroxylation is 1. The van der Waals surface area contributed by atoms with E-state index in [-0.39, 0.29) is 12.2 Å². The van der Waals surface area contributed by atoms with Gasteiger partial charge in [-0.05, 0) is 46.1 Å². The van der Waals surface area contributed by atoms with E-state index < -0.39 is 0 Å². The van der Waals surface area contributed by atoms with Gasteiger partial charge in [0.1, 0.15) is 0 Å². The fourth-order valence-electron chi connectivity index (χ4n) is 1.54. The molecule has 1 aromatic heterocycles. The third kappa shape index (κ3) is 2.97. The van der Waals surface area contributed by atoms with E-state index in [0.717, 1.165) is 19.8 Å². The normalized spacial score (nSPS) is 10.7. The number of benzene rings is 1. The van der Waals surface area contributed by atoms with Gasteiger partial charge in [0.05, 0.1) is 18.7 Å². The average molecular weight is 364 g/mol. The van der Waals surface area contributed by atoms with Crippen molar-refractivity contribution in [3.8, 4) is 0 Å². The fourth-order valence-corrected chi connectivity index (χ4v) is 3.40. The summed E-state index contributed by atoms with van der Waals surface area (Å²) in [5.41, 5.74) is 1.83. The maximum absolute atomic E-state index is 12.1. The summed E-state index contributed by atoms with van der Waals surface area (Å²) in [7, 11) is 0. The molecule has 1 heterocycles. The molecule has 0 aliphatic carbocycles. The lowest BCUT2D eigenvalue weighted by atomic mass is 10.1.